The van der Waals surface area contributed by atoms with Gasteiger partial charge in [-0.2, -0.15) is 5.26 Å². The Kier molecular flexibility index (Phi) is 3.36. The van der Waals surface area contributed by atoms with Crippen LogP contribution in [-0.2, 0) is 14.4 Å². The Bertz CT molecular complexity index is 805. The number of ketones is 2. The number of hydrogen-bond donors (Lipinski definition) is 0. The van der Waals surface area contributed by atoms with Crippen LogP contribution < -0.4 is 0 Å². The van der Waals surface area contributed by atoms with Gasteiger partial charge in [0, 0.05) is 16.2 Å². The summed E-state index contributed by atoms with van der Waals surface area (Å²) in [6.45, 7) is 7.82. The molecule has 1 fully saturated rings. The molecular weight excluding hydrogens is 302 g/mol. The van der Waals surface area contributed by atoms with Gasteiger partial charge in [0.25, 0.3) is 0 Å². The normalized spacial score (nSPS) is 37.3. The van der Waals surface area contributed by atoms with E-state index in [2.05, 4.69) is 0 Å². The number of nitrogens with zero attached hydrogens (tertiary/aromatic N) is 1. The molecule has 0 saturated heterocycles. The van der Waals surface area contributed by atoms with Crippen LogP contribution in [0.3, 0.4) is 0 Å². The van der Waals surface area contributed by atoms with E-state index >= 15 is 0 Å². The average molecular weight is 323 g/mol. The summed E-state index contributed by atoms with van der Waals surface area (Å²) in [5, 5.41) is 9.41. The monoisotopic (exact) mass is 323 g/mol. The van der Waals surface area contributed by atoms with E-state index in [4.69, 9.17) is 0 Å². The molecule has 0 amide bonds. The molecule has 124 valence electrons. The molecule has 0 aromatic carbocycles. The van der Waals surface area contributed by atoms with Crippen molar-refractivity contribution in [2.24, 2.45) is 22.2 Å². The van der Waals surface area contributed by atoms with E-state index in [1.807, 2.05) is 33.8 Å². The minimum atomic E-state index is -0.658. The van der Waals surface area contributed by atoms with E-state index in [1.165, 1.54) is 0 Å². The summed E-state index contributed by atoms with van der Waals surface area (Å²) in [6, 6.07) is 2.03. The predicted octanol–water partition coefficient (Wildman–Crippen LogP) is 3.10. The summed E-state index contributed by atoms with van der Waals surface area (Å²) in [5.41, 5.74) is -0.330. The lowest BCUT2D eigenvalue weighted by molar-refractivity contribution is -0.130. The van der Waals surface area contributed by atoms with E-state index in [1.54, 1.807) is 18.2 Å². The standard InChI is InChI=1S/C20H21NO3/c1-18(2)15-5-6-19(3)8-13(11-22)14(23)7-16(19)20(15,4)9-12(10-21)17(18)24/h7-9,11,15H,5-6H2,1-4H3/t15-,19-,20-/m0/s1. The molecule has 4 heteroatoms. The maximum absolute atomic E-state index is 12.6. The van der Waals surface area contributed by atoms with Crippen LogP contribution in [-0.4, -0.2) is 17.9 Å². The van der Waals surface area contributed by atoms with Gasteiger partial charge in [-0.15, -0.1) is 0 Å². The van der Waals surface area contributed by atoms with Gasteiger partial charge in [0.2, 0.25) is 0 Å². The van der Waals surface area contributed by atoms with E-state index < -0.39 is 16.2 Å². The topological polar surface area (TPSA) is 75.0 Å². The zero-order valence-electron chi connectivity index (χ0n) is 14.5. The molecule has 0 aromatic heterocycles. The van der Waals surface area contributed by atoms with Crippen molar-refractivity contribution in [1.82, 2.24) is 0 Å². The molecule has 0 bridgehead atoms. The fourth-order valence-corrected chi connectivity index (χ4v) is 5.12. The highest BCUT2D eigenvalue weighted by Crippen LogP contribution is 2.63. The highest BCUT2D eigenvalue weighted by atomic mass is 16.1. The van der Waals surface area contributed by atoms with Gasteiger partial charge in [-0.1, -0.05) is 39.8 Å². The lowest BCUT2D eigenvalue weighted by Gasteiger charge is -2.57. The quantitative estimate of drug-likeness (QED) is 0.549. The van der Waals surface area contributed by atoms with Crippen LogP contribution in [0.15, 0.2) is 34.9 Å². The predicted molar refractivity (Wildman–Crippen MR) is 88.7 cm³/mol. The van der Waals surface area contributed by atoms with Crippen molar-refractivity contribution in [3.05, 3.63) is 34.9 Å². The Labute approximate surface area is 141 Å². The molecule has 3 atom stereocenters. The van der Waals surface area contributed by atoms with Gasteiger partial charge in [-0.25, -0.2) is 0 Å². The molecule has 0 unspecified atom stereocenters. The molecule has 24 heavy (non-hydrogen) atoms. The number of nitriles is 1. The third kappa shape index (κ3) is 1.94. The SMILES string of the molecule is CC1(C)C(=O)C(C#N)=C[C@]2(C)C3=CC(=O)C(C=O)=C[C@]3(C)CC[C@@H]12. The summed E-state index contributed by atoms with van der Waals surface area (Å²) in [5.74, 6) is -0.392. The van der Waals surface area contributed by atoms with Gasteiger partial charge < -0.3 is 0 Å². The first kappa shape index (κ1) is 16.6. The number of carbonyl (C=O) groups excluding carboxylic acids is 3. The van der Waals surface area contributed by atoms with E-state index in [9.17, 15) is 19.6 Å². The highest BCUT2D eigenvalue weighted by Gasteiger charge is 2.58. The van der Waals surface area contributed by atoms with Crippen LogP contribution in [0.4, 0.5) is 0 Å². The van der Waals surface area contributed by atoms with Crippen LogP contribution in [0.25, 0.3) is 0 Å². The Morgan fingerprint density at radius 3 is 2.46 bits per heavy atom. The second-order valence-corrected chi connectivity index (χ2v) is 8.15. The molecule has 0 aliphatic heterocycles. The first-order valence-electron chi connectivity index (χ1n) is 8.23. The molecule has 0 aromatic rings. The summed E-state index contributed by atoms with van der Waals surface area (Å²) in [6.07, 6.45) is 7.27. The molecule has 0 spiro atoms. The van der Waals surface area contributed by atoms with Gasteiger partial charge in [0.15, 0.2) is 17.9 Å². The fraction of sp³-hybridized carbons (Fsp3) is 0.500. The molecule has 0 heterocycles. The van der Waals surface area contributed by atoms with Gasteiger partial charge in [-0.05, 0) is 30.4 Å². The maximum atomic E-state index is 12.6. The van der Waals surface area contributed by atoms with Gasteiger partial charge in [0.05, 0.1) is 11.1 Å². The van der Waals surface area contributed by atoms with Gasteiger partial charge in [0.1, 0.15) is 6.07 Å². The highest BCUT2D eigenvalue weighted by molar-refractivity contribution is 6.18. The Morgan fingerprint density at radius 2 is 1.88 bits per heavy atom. The molecule has 3 aliphatic carbocycles. The number of rotatable bonds is 1. The van der Waals surface area contributed by atoms with Crippen molar-refractivity contribution < 1.29 is 14.4 Å². The van der Waals surface area contributed by atoms with Crippen molar-refractivity contribution in [3.8, 4) is 6.07 Å². The molecule has 4 nitrogen and oxygen atoms in total. The fourth-order valence-electron chi connectivity index (χ4n) is 5.12. The van der Waals surface area contributed by atoms with Crippen molar-refractivity contribution in [1.29, 1.82) is 5.26 Å². The van der Waals surface area contributed by atoms with E-state index in [-0.39, 0.29) is 28.6 Å². The van der Waals surface area contributed by atoms with Crippen molar-refractivity contribution in [2.75, 3.05) is 0 Å². The number of Topliss-reactive ketones (excluding diaryl/α,β-unsaturated/α-hetero) is 1. The largest absolute Gasteiger partial charge is 0.298 e. The van der Waals surface area contributed by atoms with Crippen molar-refractivity contribution in [2.45, 2.75) is 40.5 Å². The minimum absolute atomic E-state index is 0.0212. The molecule has 0 radical (unpaired) electrons. The van der Waals surface area contributed by atoms with Gasteiger partial charge in [-0.3, -0.25) is 14.4 Å². The number of aldehydes is 1. The average Bonchev–Trinajstić information content (AvgIpc) is 2.52. The van der Waals surface area contributed by atoms with Crippen molar-refractivity contribution >= 4 is 17.9 Å². The lowest BCUT2D eigenvalue weighted by atomic mass is 9.45. The third-order valence-corrected chi connectivity index (χ3v) is 6.30. The molecule has 3 rings (SSSR count). The van der Waals surface area contributed by atoms with E-state index in [0.717, 1.165) is 18.4 Å². The molecule has 0 N–H and O–H groups in total. The van der Waals surface area contributed by atoms with Crippen LogP contribution in [0.1, 0.15) is 40.5 Å². The molecule has 3 aliphatic rings. The zero-order valence-corrected chi connectivity index (χ0v) is 14.5. The smallest absolute Gasteiger partial charge is 0.188 e. The summed E-state index contributed by atoms with van der Waals surface area (Å²) < 4.78 is 0. The second kappa shape index (κ2) is 4.86. The zero-order chi connectivity index (χ0) is 17.9. The van der Waals surface area contributed by atoms with Crippen LogP contribution in [0, 0.1) is 33.5 Å². The molecule has 1 saturated carbocycles. The number of fused-ring (bicyclic) bond motifs is 3. The Hall–Kier alpha value is -2.28. The summed E-state index contributed by atoms with van der Waals surface area (Å²) in [7, 11) is 0. The lowest BCUT2D eigenvalue weighted by Crippen LogP contribution is -2.53. The van der Waals surface area contributed by atoms with Crippen LogP contribution in [0.2, 0.25) is 0 Å². The first-order valence-corrected chi connectivity index (χ1v) is 8.23. The third-order valence-electron chi connectivity index (χ3n) is 6.30. The number of allylic oxidation sites excluding steroid dienone is 6. The Morgan fingerprint density at radius 1 is 1.21 bits per heavy atom. The number of hydrogen-bond acceptors (Lipinski definition) is 4. The second-order valence-electron chi connectivity index (χ2n) is 8.15. The van der Waals surface area contributed by atoms with Gasteiger partial charge >= 0.3 is 0 Å². The summed E-state index contributed by atoms with van der Waals surface area (Å²) >= 11 is 0. The molecular formula is C20H21NO3. The first-order chi connectivity index (χ1) is 11.1. The van der Waals surface area contributed by atoms with Crippen LogP contribution in [0.5, 0.6) is 0 Å². The van der Waals surface area contributed by atoms with E-state index in [0.29, 0.717) is 6.29 Å². The summed E-state index contributed by atoms with van der Waals surface area (Å²) in [4.78, 5) is 36.1. The Balaban J connectivity index is 2.25. The minimum Gasteiger partial charge on any atom is -0.298 e. The maximum Gasteiger partial charge on any atom is 0.188 e. The van der Waals surface area contributed by atoms with Crippen LogP contribution >= 0.6 is 0 Å². The van der Waals surface area contributed by atoms with Crippen molar-refractivity contribution in [3.63, 3.8) is 0 Å². The number of carbonyl (C=O) groups is 3.